The van der Waals surface area contributed by atoms with Gasteiger partial charge in [-0.25, -0.2) is 0 Å². The first-order valence-electron chi connectivity index (χ1n) is 4.56. The summed E-state index contributed by atoms with van der Waals surface area (Å²) in [6, 6.07) is 4.08. The Hall–Kier alpha value is -0.760. The smallest absolute Gasteiger partial charge is 0.106 e. The molecule has 2 N–H and O–H groups in total. The minimum atomic E-state index is 0.525. The number of rotatable bonds is 4. The lowest BCUT2D eigenvalue weighted by atomic mass is 10.1. The van der Waals surface area contributed by atoms with Crippen molar-refractivity contribution in [1.29, 1.82) is 0 Å². The number of hydrogen-bond acceptors (Lipinski definition) is 2. The molecule has 0 amide bonds. The summed E-state index contributed by atoms with van der Waals surface area (Å²) in [6.45, 7) is 4.99. The van der Waals surface area contributed by atoms with E-state index in [9.17, 15) is 0 Å². The summed E-state index contributed by atoms with van der Waals surface area (Å²) in [6.07, 6.45) is 1.96. The summed E-state index contributed by atoms with van der Waals surface area (Å²) >= 11 is 0. The predicted molar refractivity (Wildman–Crippen MR) is 50.2 cm³/mol. The molecular weight excluding hydrogens is 150 g/mol. The van der Waals surface area contributed by atoms with Crippen LogP contribution in [0.4, 0.5) is 0 Å². The molecule has 0 radical (unpaired) electrons. The summed E-state index contributed by atoms with van der Waals surface area (Å²) in [7, 11) is 0. The summed E-state index contributed by atoms with van der Waals surface area (Å²) in [5, 5.41) is 0. The molecule has 1 unspecified atom stereocenters. The maximum atomic E-state index is 5.60. The highest BCUT2D eigenvalue weighted by Crippen LogP contribution is 2.20. The second-order valence-corrected chi connectivity index (χ2v) is 3.15. The molecular formula is C10H17NO. The molecule has 2 heteroatoms. The maximum Gasteiger partial charge on any atom is 0.106 e. The van der Waals surface area contributed by atoms with Gasteiger partial charge in [0.1, 0.15) is 11.5 Å². The Kier molecular flexibility index (Phi) is 3.35. The van der Waals surface area contributed by atoms with Gasteiger partial charge in [0, 0.05) is 12.3 Å². The van der Waals surface area contributed by atoms with Crippen LogP contribution in [0.25, 0.3) is 0 Å². The first-order valence-corrected chi connectivity index (χ1v) is 4.56. The van der Waals surface area contributed by atoms with E-state index in [1.165, 1.54) is 0 Å². The molecule has 0 aromatic carbocycles. The highest BCUT2D eigenvalue weighted by Gasteiger charge is 2.07. The van der Waals surface area contributed by atoms with E-state index in [2.05, 4.69) is 19.9 Å². The van der Waals surface area contributed by atoms with Crippen molar-refractivity contribution in [2.24, 2.45) is 5.73 Å². The van der Waals surface area contributed by atoms with E-state index < -0.39 is 0 Å². The Morgan fingerprint density at radius 3 is 2.83 bits per heavy atom. The van der Waals surface area contributed by atoms with E-state index in [0.29, 0.717) is 12.5 Å². The fourth-order valence-corrected chi connectivity index (χ4v) is 1.14. The third-order valence-electron chi connectivity index (χ3n) is 2.17. The SMILES string of the molecule is CCC(C)c1ccc(CCN)o1. The molecule has 1 heterocycles. The molecule has 0 bridgehead atoms. The lowest BCUT2D eigenvalue weighted by Crippen LogP contribution is -2.01. The van der Waals surface area contributed by atoms with Crippen LogP contribution in [0.15, 0.2) is 16.5 Å². The first-order chi connectivity index (χ1) is 5.77. The number of hydrogen-bond donors (Lipinski definition) is 1. The summed E-state index contributed by atoms with van der Waals surface area (Å²) in [4.78, 5) is 0. The summed E-state index contributed by atoms with van der Waals surface area (Å²) < 4.78 is 5.60. The van der Waals surface area contributed by atoms with Crippen molar-refractivity contribution in [2.75, 3.05) is 6.54 Å². The van der Waals surface area contributed by atoms with Crippen LogP contribution >= 0.6 is 0 Å². The van der Waals surface area contributed by atoms with Gasteiger partial charge in [0.2, 0.25) is 0 Å². The minimum absolute atomic E-state index is 0.525. The van der Waals surface area contributed by atoms with Crippen molar-refractivity contribution >= 4 is 0 Å². The molecule has 0 aliphatic rings. The van der Waals surface area contributed by atoms with Gasteiger partial charge in [0.25, 0.3) is 0 Å². The highest BCUT2D eigenvalue weighted by atomic mass is 16.3. The second-order valence-electron chi connectivity index (χ2n) is 3.15. The monoisotopic (exact) mass is 167 g/mol. The largest absolute Gasteiger partial charge is 0.466 e. The highest BCUT2D eigenvalue weighted by molar-refractivity contribution is 5.10. The molecule has 1 aromatic rings. The van der Waals surface area contributed by atoms with Gasteiger partial charge in [0.05, 0.1) is 0 Å². The van der Waals surface area contributed by atoms with Crippen LogP contribution in [-0.2, 0) is 6.42 Å². The van der Waals surface area contributed by atoms with Crippen LogP contribution < -0.4 is 5.73 Å². The first kappa shape index (κ1) is 9.33. The van der Waals surface area contributed by atoms with Crippen LogP contribution in [0.3, 0.4) is 0 Å². The van der Waals surface area contributed by atoms with Crippen molar-refractivity contribution in [1.82, 2.24) is 0 Å². The molecule has 68 valence electrons. The van der Waals surface area contributed by atoms with E-state index in [1.807, 2.05) is 6.07 Å². The molecule has 0 aliphatic heterocycles. The van der Waals surface area contributed by atoms with E-state index in [4.69, 9.17) is 10.2 Å². The number of nitrogens with two attached hydrogens (primary N) is 1. The predicted octanol–water partition coefficient (Wildman–Crippen LogP) is 2.29. The lowest BCUT2D eigenvalue weighted by molar-refractivity contribution is 0.435. The Morgan fingerprint density at radius 1 is 1.50 bits per heavy atom. The van der Waals surface area contributed by atoms with Crippen molar-refractivity contribution < 1.29 is 4.42 Å². The standard InChI is InChI=1S/C10H17NO/c1-3-8(2)10-5-4-9(12-10)6-7-11/h4-5,8H,3,6-7,11H2,1-2H3. The average Bonchev–Trinajstić information content (AvgIpc) is 2.52. The molecule has 0 spiro atoms. The van der Waals surface area contributed by atoms with Crippen LogP contribution in [0, 0.1) is 0 Å². The summed E-state index contributed by atoms with van der Waals surface area (Å²) in [5.41, 5.74) is 5.42. The van der Waals surface area contributed by atoms with E-state index >= 15 is 0 Å². The fraction of sp³-hybridized carbons (Fsp3) is 0.600. The van der Waals surface area contributed by atoms with E-state index in [1.54, 1.807) is 0 Å². The quantitative estimate of drug-likeness (QED) is 0.747. The molecule has 2 nitrogen and oxygen atoms in total. The maximum absolute atomic E-state index is 5.60. The summed E-state index contributed by atoms with van der Waals surface area (Å²) in [5.74, 6) is 2.62. The van der Waals surface area contributed by atoms with Crippen LogP contribution in [0.2, 0.25) is 0 Å². The molecule has 0 aliphatic carbocycles. The zero-order chi connectivity index (χ0) is 8.97. The van der Waals surface area contributed by atoms with Crippen LogP contribution in [0.1, 0.15) is 37.7 Å². The normalized spacial score (nSPS) is 13.2. The van der Waals surface area contributed by atoms with Gasteiger partial charge in [0.15, 0.2) is 0 Å². The molecule has 1 atom stereocenters. The second kappa shape index (κ2) is 4.31. The molecule has 1 rings (SSSR count). The Morgan fingerprint density at radius 2 is 2.25 bits per heavy atom. The van der Waals surface area contributed by atoms with Crippen molar-refractivity contribution in [3.05, 3.63) is 23.7 Å². The van der Waals surface area contributed by atoms with Gasteiger partial charge in [-0.1, -0.05) is 13.8 Å². The van der Waals surface area contributed by atoms with Crippen molar-refractivity contribution in [3.63, 3.8) is 0 Å². The van der Waals surface area contributed by atoms with E-state index in [0.717, 1.165) is 24.4 Å². The zero-order valence-corrected chi connectivity index (χ0v) is 7.84. The zero-order valence-electron chi connectivity index (χ0n) is 7.84. The molecule has 1 aromatic heterocycles. The average molecular weight is 167 g/mol. The number of furan rings is 1. The molecule has 0 saturated heterocycles. The lowest BCUT2D eigenvalue weighted by Gasteiger charge is -2.02. The van der Waals surface area contributed by atoms with Gasteiger partial charge in [-0.3, -0.25) is 0 Å². The topological polar surface area (TPSA) is 39.2 Å². The Labute approximate surface area is 73.8 Å². The third kappa shape index (κ3) is 2.11. The Bertz CT molecular complexity index is 229. The van der Waals surface area contributed by atoms with Crippen LogP contribution in [-0.4, -0.2) is 6.54 Å². The molecule has 0 saturated carbocycles. The van der Waals surface area contributed by atoms with Gasteiger partial charge in [-0.15, -0.1) is 0 Å². The van der Waals surface area contributed by atoms with Gasteiger partial charge in [-0.05, 0) is 25.1 Å². The fourth-order valence-electron chi connectivity index (χ4n) is 1.14. The molecule has 0 fully saturated rings. The third-order valence-corrected chi connectivity index (χ3v) is 2.17. The van der Waals surface area contributed by atoms with Crippen molar-refractivity contribution in [3.8, 4) is 0 Å². The van der Waals surface area contributed by atoms with Crippen LogP contribution in [0.5, 0.6) is 0 Å². The van der Waals surface area contributed by atoms with Gasteiger partial charge in [-0.2, -0.15) is 0 Å². The van der Waals surface area contributed by atoms with Gasteiger partial charge >= 0.3 is 0 Å². The van der Waals surface area contributed by atoms with E-state index in [-0.39, 0.29) is 0 Å². The van der Waals surface area contributed by atoms with Gasteiger partial charge < -0.3 is 10.2 Å². The Balaban J connectivity index is 2.63. The minimum Gasteiger partial charge on any atom is -0.466 e. The van der Waals surface area contributed by atoms with Crippen molar-refractivity contribution in [2.45, 2.75) is 32.6 Å². The molecule has 12 heavy (non-hydrogen) atoms.